The second-order valence-corrected chi connectivity index (χ2v) is 12.5. The van der Waals surface area contributed by atoms with Crippen LogP contribution < -0.4 is 0 Å². The van der Waals surface area contributed by atoms with Crippen molar-refractivity contribution in [2.24, 2.45) is 34.0 Å². The van der Waals surface area contributed by atoms with Crippen LogP contribution in [0.15, 0.2) is 22.1 Å². The van der Waals surface area contributed by atoms with E-state index in [0.29, 0.717) is 19.3 Å². The van der Waals surface area contributed by atoms with E-state index in [1.807, 2.05) is 13.8 Å². The van der Waals surface area contributed by atoms with Gasteiger partial charge in [0.15, 0.2) is 11.5 Å². The van der Waals surface area contributed by atoms with Crippen molar-refractivity contribution in [1.82, 2.24) is 0 Å². The first-order valence-electron chi connectivity index (χ1n) is 13.2. The van der Waals surface area contributed by atoms with Crippen molar-refractivity contribution >= 4 is 34.9 Å². The quantitative estimate of drug-likeness (QED) is 0.270. The van der Waals surface area contributed by atoms with E-state index in [0.717, 1.165) is 0 Å². The third kappa shape index (κ3) is 3.42. The van der Waals surface area contributed by atoms with E-state index in [2.05, 4.69) is 0 Å². The van der Waals surface area contributed by atoms with Crippen LogP contribution in [0.2, 0.25) is 0 Å². The minimum atomic E-state index is -2.29. The summed E-state index contributed by atoms with van der Waals surface area (Å²) in [6.45, 7) is 6.16. The zero-order valence-corrected chi connectivity index (χ0v) is 22.8. The van der Waals surface area contributed by atoms with E-state index in [9.17, 15) is 29.4 Å². The Hall–Kier alpha value is -2.29. The molecule has 0 amide bonds. The fourth-order valence-electron chi connectivity index (χ4n) is 8.92. The fourth-order valence-corrected chi connectivity index (χ4v) is 9.32. The minimum absolute atomic E-state index is 0.0827. The zero-order valence-electron chi connectivity index (χ0n) is 22.1. The van der Waals surface area contributed by atoms with E-state index in [-0.39, 0.29) is 43.6 Å². The van der Waals surface area contributed by atoms with Gasteiger partial charge in [0.2, 0.25) is 17.3 Å². The Kier molecular flexibility index (Phi) is 6.90. The van der Waals surface area contributed by atoms with E-state index < -0.39 is 79.8 Å². The Morgan fingerprint density at radius 3 is 2.29 bits per heavy atom. The molecule has 0 aliphatic heterocycles. The van der Waals surface area contributed by atoms with Crippen LogP contribution >= 0.6 is 11.6 Å². The number of hydrogen-bond acceptors (Lipinski definition) is 6. The molecule has 4 aliphatic rings. The molecule has 4 rings (SSSR count). The molecule has 3 fully saturated rings. The van der Waals surface area contributed by atoms with Gasteiger partial charge in [-0.15, -0.1) is 0 Å². The van der Waals surface area contributed by atoms with Crippen molar-refractivity contribution < 1.29 is 43.3 Å². The predicted molar refractivity (Wildman–Crippen MR) is 134 cm³/mol. The summed E-state index contributed by atoms with van der Waals surface area (Å²) < 4.78 is 33.3. The highest BCUT2D eigenvalue weighted by Crippen LogP contribution is 2.75. The van der Waals surface area contributed by atoms with Crippen LogP contribution in [0.1, 0.15) is 79.1 Å². The van der Waals surface area contributed by atoms with Gasteiger partial charge in [-0.1, -0.05) is 31.9 Å². The smallest absolute Gasteiger partial charge is 0.303 e. The number of halogens is 3. The summed E-state index contributed by atoms with van der Waals surface area (Å²) in [6, 6.07) is 0. The van der Waals surface area contributed by atoms with Crippen molar-refractivity contribution in [2.75, 3.05) is 0 Å². The molecule has 0 spiro atoms. The normalized spacial score (nSPS) is 42.4. The van der Waals surface area contributed by atoms with Crippen molar-refractivity contribution in [3.63, 3.8) is 0 Å². The molecule has 10 heteroatoms. The maximum Gasteiger partial charge on any atom is 0.303 e. The summed E-state index contributed by atoms with van der Waals surface area (Å²) in [4.78, 5) is 49.6. The number of carboxylic acid groups (broad SMARTS) is 1. The second kappa shape index (κ2) is 9.14. The number of ketones is 3. The van der Waals surface area contributed by atoms with Crippen molar-refractivity contribution in [2.45, 2.75) is 90.9 Å². The predicted octanol–water partition coefficient (Wildman–Crippen LogP) is 5.71. The van der Waals surface area contributed by atoms with Gasteiger partial charge in [-0.3, -0.25) is 19.2 Å². The Morgan fingerprint density at radius 2 is 1.71 bits per heavy atom. The number of carboxylic acids is 1. The molecule has 0 heterocycles. The van der Waals surface area contributed by atoms with Gasteiger partial charge in [0.1, 0.15) is 11.8 Å². The Bertz CT molecular complexity index is 1180. The first-order chi connectivity index (χ1) is 17.5. The number of unbranched alkanes of at least 4 members (excludes halogenated alkanes) is 1. The maximum absolute atomic E-state index is 17.5. The lowest BCUT2D eigenvalue weighted by Gasteiger charge is -2.62. The van der Waals surface area contributed by atoms with Gasteiger partial charge in [0.25, 0.3) is 0 Å². The monoisotopic (exact) mass is 556 g/mol. The minimum Gasteiger partial charge on any atom is -0.507 e. The molecule has 4 aliphatic carbocycles. The number of carbonyl (C=O) groups excluding carboxylic acids is 3. The average molecular weight is 557 g/mol. The summed E-state index contributed by atoms with van der Waals surface area (Å²) in [7, 11) is 0. The lowest BCUT2D eigenvalue weighted by Crippen LogP contribution is -2.65. The molecule has 0 unspecified atom stereocenters. The number of aliphatic hydroxyl groups is 2. The highest BCUT2D eigenvalue weighted by molar-refractivity contribution is 6.45. The molecular weight excluding hydrogens is 522 g/mol. The highest BCUT2D eigenvalue weighted by atomic mass is 35.5. The number of aliphatic carboxylic acids is 1. The second-order valence-electron chi connectivity index (χ2n) is 12.2. The Labute approximate surface area is 225 Å². The average Bonchev–Trinajstić information content (AvgIpc) is 3.07. The third-order valence-corrected chi connectivity index (χ3v) is 11.2. The van der Waals surface area contributed by atoms with E-state index in [1.165, 1.54) is 13.8 Å². The van der Waals surface area contributed by atoms with Crippen molar-refractivity contribution in [3.05, 3.63) is 22.1 Å². The Morgan fingerprint density at radius 1 is 1.08 bits per heavy atom. The van der Waals surface area contributed by atoms with Crippen molar-refractivity contribution in [3.8, 4) is 0 Å². The van der Waals surface area contributed by atoms with Gasteiger partial charge in [-0.05, 0) is 62.7 Å². The highest BCUT2D eigenvalue weighted by Gasteiger charge is 2.76. The molecule has 0 aromatic heterocycles. The zero-order chi connectivity index (χ0) is 28.6. The molecule has 0 bridgehead atoms. The number of hydrogen-bond donors (Lipinski definition) is 3. The van der Waals surface area contributed by atoms with Crippen molar-refractivity contribution in [1.29, 1.82) is 0 Å². The summed E-state index contributed by atoms with van der Waals surface area (Å²) >= 11 is 6.15. The molecule has 0 radical (unpaired) electrons. The number of aliphatic hydroxyl groups excluding tert-OH is 2. The lowest BCUT2D eigenvalue weighted by atomic mass is 9.43. The molecule has 7 nitrogen and oxygen atoms in total. The summed E-state index contributed by atoms with van der Waals surface area (Å²) in [5, 5.41) is 29.7. The van der Waals surface area contributed by atoms with Crippen LogP contribution in [0, 0.1) is 34.0 Å². The van der Waals surface area contributed by atoms with E-state index in [4.69, 9.17) is 16.7 Å². The fraction of sp³-hybridized carbons (Fsp3) is 0.714. The number of rotatable bonds is 7. The lowest BCUT2D eigenvalue weighted by molar-refractivity contribution is -0.173. The molecule has 3 saturated carbocycles. The number of fused-ring (bicyclic) bond motifs is 5. The summed E-state index contributed by atoms with van der Waals surface area (Å²) in [6.07, 6.45) is -1.08. The van der Waals surface area contributed by atoms with Gasteiger partial charge in [-0.2, -0.15) is 0 Å². The number of allylic oxidation sites excluding steroid dienone is 2. The standard InChI is InChI=1S/C28H35ClF2O7/c1-13-11-15-16-12-17(30)19-20(29)21(35)22(36)24(38)26(19,4)28(16,31)10-9-25(15,3)27(13,23(37)14(2)32)8-6-5-7-18(33)34/h13,15-17,36,38H,5-12H2,1-4H3,(H,33,34)/t13-,15+,16+,17+,25+,26-,27-,28-/m1/s1. The molecule has 38 heavy (non-hydrogen) atoms. The summed E-state index contributed by atoms with van der Waals surface area (Å²) in [5.74, 6) is -7.26. The molecule has 210 valence electrons. The Balaban J connectivity index is 1.83. The summed E-state index contributed by atoms with van der Waals surface area (Å²) in [5.41, 5.74) is -6.80. The van der Waals surface area contributed by atoms with E-state index >= 15 is 8.78 Å². The SMILES string of the molecule is CC(=O)C(=O)[C@@]1(CCCCC(=O)O)[C@H](C)C[C@H]2[C@@H]3C[C@H](F)C4=C(Cl)C(=O)C(O)=C(O)[C@]4(C)[C@@]3(F)CC[C@@]21C. The van der Waals surface area contributed by atoms with Crippen LogP contribution in [0.4, 0.5) is 8.78 Å². The largest absolute Gasteiger partial charge is 0.507 e. The molecule has 0 aromatic rings. The molecule has 0 saturated heterocycles. The van der Waals surface area contributed by atoms with Gasteiger partial charge >= 0.3 is 5.97 Å². The topological polar surface area (TPSA) is 129 Å². The van der Waals surface area contributed by atoms with Crippen LogP contribution in [-0.2, 0) is 19.2 Å². The first kappa shape index (κ1) is 28.7. The van der Waals surface area contributed by atoms with Crippen LogP contribution in [0.5, 0.6) is 0 Å². The third-order valence-electron chi connectivity index (χ3n) is 10.8. The molecule has 0 aromatic carbocycles. The van der Waals surface area contributed by atoms with Gasteiger partial charge in [-0.25, -0.2) is 8.78 Å². The van der Waals surface area contributed by atoms with Gasteiger partial charge < -0.3 is 15.3 Å². The number of carbonyl (C=O) groups is 4. The van der Waals surface area contributed by atoms with Crippen LogP contribution in [0.25, 0.3) is 0 Å². The first-order valence-corrected chi connectivity index (χ1v) is 13.6. The maximum atomic E-state index is 17.5. The number of alkyl halides is 2. The van der Waals surface area contributed by atoms with E-state index in [1.54, 1.807) is 0 Å². The van der Waals surface area contributed by atoms with Crippen LogP contribution in [-0.4, -0.2) is 50.5 Å². The molecular formula is C28H35ClF2O7. The molecule has 3 N–H and O–H groups in total. The van der Waals surface area contributed by atoms with Gasteiger partial charge in [0, 0.05) is 30.3 Å². The van der Waals surface area contributed by atoms with Gasteiger partial charge in [0.05, 0.1) is 10.4 Å². The number of Topliss-reactive ketones (excluding diaryl/α,β-unsaturated/α-hetero) is 3. The molecule has 8 atom stereocenters. The van der Waals surface area contributed by atoms with Crippen LogP contribution in [0.3, 0.4) is 0 Å².